The van der Waals surface area contributed by atoms with E-state index < -0.39 is 47.4 Å². The Balaban J connectivity index is 1.44. The van der Waals surface area contributed by atoms with Crippen LogP contribution < -0.4 is 5.32 Å². The van der Waals surface area contributed by atoms with Crippen molar-refractivity contribution in [2.24, 2.45) is 5.16 Å². The van der Waals surface area contributed by atoms with Crippen LogP contribution in [0.2, 0.25) is 0 Å². The van der Waals surface area contributed by atoms with Crippen molar-refractivity contribution in [3.8, 4) is 0 Å². The summed E-state index contributed by atoms with van der Waals surface area (Å²) in [7, 11) is 0. The molecule has 0 aliphatic carbocycles. The predicted octanol–water partition coefficient (Wildman–Crippen LogP) is 0.855. The first-order chi connectivity index (χ1) is 18.0. The number of aliphatic carboxylic acids is 1. The van der Waals surface area contributed by atoms with Crippen LogP contribution in [0, 0.1) is 0 Å². The van der Waals surface area contributed by atoms with E-state index >= 15 is 0 Å². The number of nitrogens with one attached hydrogen (secondary N) is 2. The van der Waals surface area contributed by atoms with Crippen LogP contribution in [-0.2, 0) is 28.8 Å². The Labute approximate surface area is 228 Å². The number of thioether (sulfide) groups is 2. The number of thiazole rings is 1. The number of esters is 1. The maximum Gasteiger partial charge on any atom is 0.352 e. The zero-order chi connectivity index (χ0) is 27.4. The lowest BCUT2D eigenvalue weighted by Gasteiger charge is -2.49. The molecule has 14 nitrogen and oxygen atoms in total. The zero-order valence-corrected chi connectivity index (χ0v) is 22.8. The molecule has 1 unspecified atom stereocenters. The number of rotatable bonds is 10. The molecular formula is C21H23N7O7S3. The van der Waals surface area contributed by atoms with Gasteiger partial charge in [-0.05, 0) is 26.3 Å². The molecule has 2 aromatic rings. The molecule has 17 heteroatoms. The standard InChI is InChI=1S/C21H23N7O7S3/c1-21(2,3)35-13(29)5-34-26-14(11-8-36-9-22-11)17(30)24-15-18(31)28-16(20(32)33)10(7-38-19(15)28)6-37-12-4-23-27-25-12/h4,8-9,15,19H,5-7H2,1-3H3,(H,24,30)(H,32,33)(H,23,25,27)/t15?,19-/m0/s1. The third-order valence-corrected chi connectivity index (χ3v) is 7.91. The van der Waals surface area contributed by atoms with Crippen LogP contribution in [0.4, 0.5) is 0 Å². The van der Waals surface area contributed by atoms with E-state index in [-0.39, 0.29) is 17.1 Å². The highest BCUT2D eigenvalue weighted by Gasteiger charge is 2.54. The van der Waals surface area contributed by atoms with Gasteiger partial charge in [0.05, 0.1) is 11.7 Å². The molecule has 1 saturated heterocycles. The second-order valence-electron chi connectivity index (χ2n) is 8.90. The van der Waals surface area contributed by atoms with E-state index in [0.29, 0.717) is 22.1 Å². The Morgan fingerprint density at radius 2 is 2.16 bits per heavy atom. The molecule has 2 amide bonds. The summed E-state index contributed by atoms with van der Waals surface area (Å²) in [5.41, 5.74) is 1.19. The minimum atomic E-state index is -1.23. The van der Waals surface area contributed by atoms with Gasteiger partial charge in [-0.15, -0.1) is 40.0 Å². The van der Waals surface area contributed by atoms with Crippen LogP contribution in [-0.4, -0.2) is 95.0 Å². The summed E-state index contributed by atoms with van der Waals surface area (Å²) < 4.78 is 5.15. The smallest absolute Gasteiger partial charge is 0.352 e. The Hall–Kier alpha value is -3.44. The van der Waals surface area contributed by atoms with E-state index in [1.807, 2.05) is 0 Å². The molecule has 3 N–H and O–H groups in total. The molecule has 0 bridgehead atoms. The third kappa shape index (κ3) is 6.33. The SMILES string of the molecule is CC(C)(C)OC(=O)CON=C(C(=O)NC1C(=O)N2C(C(=O)O)=C(CSc3cnn[nH]3)CS[C@@H]12)c1cscn1. The van der Waals surface area contributed by atoms with Gasteiger partial charge in [-0.2, -0.15) is 0 Å². The number of amides is 2. The number of H-pyrrole nitrogens is 1. The van der Waals surface area contributed by atoms with Crippen molar-refractivity contribution in [2.75, 3.05) is 18.1 Å². The Bertz CT molecular complexity index is 1270. The molecule has 0 saturated carbocycles. The minimum Gasteiger partial charge on any atom is -0.477 e. The lowest BCUT2D eigenvalue weighted by Crippen LogP contribution is -2.71. The number of hydrogen-bond acceptors (Lipinski definition) is 13. The summed E-state index contributed by atoms with van der Waals surface area (Å²) in [4.78, 5) is 60.3. The minimum absolute atomic E-state index is 0.0988. The number of β-lactam (4-membered cyclic amide) rings is 1. The monoisotopic (exact) mass is 581 g/mol. The number of fused-ring (bicyclic) bond motifs is 1. The van der Waals surface area contributed by atoms with E-state index in [4.69, 9.17) is 9.57 Å². The number of hydrogen-bond donors (Lipinski definition) is 3. The first kappa shape index (κ1) is 27.6. The number of nitrogens with zero attached hydrogens (tertiary/aromatic N) is 5. The number of carbonyl (C=O) groups excluding carboxylic acids is 3. The van der Waals surface area contributed by atoms with E-state index in [1.165, 1.54) is 51.5 Å². The van der Waals surface area contributed by atoms with Crippen LogP contribution in [0.3, 0.4) is 0 Å². The Kier molecular flexibility index (Phi) is 8.37. The van der Waals surface area contributed by atoms with E-state index in [0.717, 1.165) is 0 Å². The quantitative estimate of drug-likeness (QED) is 0.118. The zero-order valence-electron chi connectivity index (χ0n) is 20.4. The lowest BCUT2D eigenvalue weighted by atomic mass is 10.0. The van der Waals surface area contributed by atoms with Gasteiger partial charge in [-0.1, -0.05) is 10.4 Å². The van der Waals surface area contributed by atoms with E-state index in [2.05, 4.69) is 30.9 Å². The summed E-state index contributed by atoms with van der Waals surface area (Å²) >= 11 is 3.87. The highest BCUT2D eigenvalue weighted by molar-refractivity contribution is 8.01. The van der Waals surface area contributed by atoms with Crippen molar-refractivity contribution >= 4 is 64.3 Å². The van der Waals surface area contributed by atoms with Crippen molar-refractivity contribution < 1.29 is 33.9 Å². The summed E-state index contributed by atoms with van der Waals surface area (Å²) in [6.07, 6.45) is 1.52. The largest absolute Gasteiger partial charge is 0.477 e. The van der Waals surface area contributed by atoms with Crippen molar-refractivity contribution in [3.05, 3.63) is 34.1 Å². The number of aromatic nitrogens is 4. The average Bonchev–Trinajstić information content (AvgIpc) is 3.56. The summed E-state index contributed by atoms with van der Waals surface area (Å²) in [5, 5.41) is 27.8. The maximum atomic E-state index is 13.1. The second kappa shape index (κ2) is 11.5. The third-order valence-electron chi connectivity index (χ3n) is 4.98. The van der Waals surface area contributed by atoms with Gasteiger partial charge >= 0.3 is 11.9 Å². The summed E-state index contributed by atoms with van der Waals surface area (Å²) in [5.74, 6) is -2.55. The second-order valence-corrected chi connectivity index (χ2v) is 11.7. The molecule has 0 spiro atoms. The van der Waals surface area contributed by atoms with Crippen LogP contribution in [0.25, 0.3) is 0 Å². The Morgan fingerprint density at radius 1 is 1.37 bits per heavy atom. The molecule has 4 heterocycles. The maximum absolute atomic E-state index is 13.1. The molecule has 0 radical (unpaired) electrons. The van der Waals surface area contributed by atoms with Crippen LogP contribution >= 0.6 is 34.9 Å². The van der Waals surface area contributed by atoms with Gasteiger partial charge in [0.2, 0.25) is 6.61 Å². The van der Waals surface area contributed by atoms with Gasteiger partial charge in [0.1, 0.15) is 33.4 Å². The van der Waals surface area contributed by atoms with E-state index in [9.17, 15) is 24.3 Å². The molecule has 2 aliphatic heterocycles. The fourth-order valence-corrected chi connectivity index (χ4v) is 6.29. The first-order valence-corrected chi connectivity index (χ1v) is 14.0. The molecule has 202 valence electrons. The van der Waals surface area contributed by atoms with Crippen LogP contribution in [0.15, 0.2) is 38.5 Å². The van der Waals surface area contributed by atoms with Crippen LogP contribution in [0.5, 0.6) is 0 Å². The summed E-state index contributed by atoms with van der Waals surface area (Å²) in [6.45, 7) is 4.57. The first-order valence-electron chi connectivity index (χ1n) is 11.0. The molecule has 2 aromatic heterocycles. The number of ether oxygens (including phenoxy) is 1. The number of carboxylic acid groups (broad SMARTS) is 1. The van der Waals surface area contributed by atoms with Crippen molar-refractivity contribution in [2.45, 2.75) is 42.8 Å². The fourth-order valence-electron chi connectivity index (χ4n) is 3.48. The van der Waals surface area contributed by atoms with Gasteiger partial charge in [0.15, 0.2) is 5.71 Å². The average molecular weight is 582 g/mol. The highest BCUT2D eigenvalue weighted by atomic mass is 32.2. The van der Waals surface area contributed by atoms with Crippen LogP contribution in [0.1, 0.15) is 26.5 Å². The molecular weight excluding hydrogens is 558 g/mol. The molecule has 2 atom stereocenters. The van der Waals surface area contributed by atoms with Gasteiger partial charge in [-0.25, -0.2) is 14.6 Å². The summed E-state index contributed by atoms with van der Waals surface area (Å²) in [6, 6.07) is -0.984. The molecule has 0 aromatic carbocycles. The van der Waals surface area contributed by atoms with Gasteiger partial charge in [0, 0.05) is 16.9 Å². The molecule has 2 aliphatic rings. The Morgan fingerprint density at radius 3 is 2.79 bits per heavy atom. The van der Waals surface area contributed by atoms with Gasteiger partial charge in [0.25, 0.3) is 11.8 Å². The van der Waals surface area contributed by atoms with Gasteiger partial charge in [-0.3, -0.25) is 19.6 Å². The van der Waals surface area contributed by atoms with Crippen molar-refractivity contribution in [3.63, 3.8) is 0 Å². The fraction of sp³-hybridized carbons (Fsp3) is 0.429. The number of aromatic amines is 1. The molecule has 4 rings (SSSR count). The molecule has 1 fully saturated rings. The molecule has 38 heavy (non-hydrogen) atoms. The lowest BCUT2D eigenvalue weighted by molar-refractivity contribution is -0.160. The number of carboxylic acids is 1. The number of carbonyl (C=O) groups is 4. The van der Waals surface area contributed by atoms with Crippen molar-refractivity contribution in [1.29, 1.82) is 0 Å². The number of oxime groups is 1. The topological polar surface area (TPSA) is 189 Å². The van der Waals surface area contributed by atoms with Gasteiger partial charge < -0.3 is 20.0 Å². The predicted molar refractivity (Wildman–Crippen MR) is 137 cm³/mol. The van der Waals surface area contributed by atoms with E-state index in [1.54, 1.807) is 26.2 Å². The highest BCUT2D eigenvalue weighted by Crippen LogP contribution is 2.41. The normalized spacial score (nSPS) is 19.5. The van der Waals surface area contributed by atoms with Crippen molar-refractivity contribution in [1.82, 2.24) is 30.6 Å².